The predicted molar refractivity (Wildman–Crippen MR) is 118 cm³/mol. The minimum absolute atomic E-state index is 0. The molecule has 7 nitrogen and oxygen atoms in total. The molecular formula is C18H26IN5O2S. The molecule has 0 bridgehead atoms. The van der Waals surface area contributed by atoms with Crippen LogP contribution in [0.5, 0.6) is 0 Å². The number of rotatable bonds is 6. The Morgan fingerprint density at radius 1 is 1.33 bits per heavy atom. The third kappa shape index (κ3) is 6.49. The number of nitrogens with one attached hydrogen (secondary N) is 2. The number of imidazole rings is 1. The molecule has 1 aliphatic rings. The third-order valence-electron chi connectivity index (χ3n) is 4.29. The van der Waals surface area contributed by atoms with E-state index in [1.54, 1.807) is 6.20 Å². The molecule has 1 fully saturated rings. The van der Waals surface area contributed by atoms with Gasteiger partial charge in [0, 0.05) is 31.5 Å². The highest BCUT2D eigenvalue weighted by Gasteiger charge is 2.28. The zero-order valence-electron chi connectivity index (χ0n) is 15.3. The van der Waals surface area contributed by atoms with Gasteiger partial charge in [-0.25, -0.2) is 18.4 Å². The zero-order chi connectivity index (χ0) is 18.4. The van der Waals surface area contributed by atoms with Gasteiger partial charge in [0.05, 0.1) is 11.5 Å². The summed E-state index contributed by atoms with van der Waals surface area (Å²) in [6.45, 7) is 3.87. The Morgan fingerprint density at radius 3 is 2.78 bits per heavy atom. The standard InChI is InChI=1S/C18H25N5O2S.HI/c1-2-19-18(22-16-8-11-26(24,25)14-16)21-12-17-20-9-10-23(17)13-15-6-4-3-5-7-15;/h3-7,9-10,16H,2,8,11-14H2,1H3,(H2,19,21,22);1H. The van der Waals surface area contributed by atoms with E-state index in [1.807, 2.05) is 31.3 Å². The smallest absolute Gasteiger partial charge is 0.191 e. The van der Waals surface area contributed by atoms with Crippen LogP contribution >= 0.6 is 24.0 Å². The summed E-state index contributed by atoms with van der Waals surface area (Å²) in [5.41, 5.74) is 1.21. The quantitative estimate of drug-likeness (QED) is 0.357. The molecule has 27 heavy (non-hydrogen) atoms. The van der Waals surface area contributed by atoms with Crippen molar-refractivity contribution in [2.75, 3.05) is 18.1 Å². The first-order chi connectivity index (χ1) is 12.6. The van der Waals surface area contributed by atoms with Crippen LogP contribution in [0.1, 0.15) is 24.7 Å². The van der Waals surface area contributed by atoms with Gasteiger partial charge in [-0.05, 0) is 18.9 Å². The lowest BCUT2D eigenvalue weighted by Gasteiger charge is -2.16. The number of benzene rings is 1. The van der Waals surface area contributed by atoms with Crippen molar-refractivity contribution in [2.24, 2.45) is 4.99 Å². The van der Waals surface area contributed by atoms with E-state index >= 15 is 0 Å². The zero-order valence-corrected chi connectivity index (χ0v) is 18.5. The molecule has 2 aromatic rings. The van der Waals surface area contributed by atoms with Crippen LogP contribution < -0.4 is 10.6 Å². The van der Waals surface area contributed by atoms with Crippen LogP contribution in [-0.2, 0) is 22.9 Å². The van der Waals surface area contributed by atoms with Gasteiger partial charge in [0.1, 0.15) is 12.4 Å². The summed E-state index contributed by atoms with van der Waals surface area (Å²) in [5.74, 6) is 1.90. The van der Waals surface area contributed by atoms with Gasteiger partial charge < -0.3 is 15.2 Å². The lowest BCUT2D eigenvalue weighted by atomic mass is 10.2. The number of halogens is 1. The topological polar surface area (TPSA) is 88.4 Å². The number of hydrogen-bond acceptors (Lipinski definition) is 4. The molecular weight excluding hydrogens is 477 g/mol. The molecule has 9 heteroatoms. The van der Waals surface area contributed by atoms with Crippen LogP contribution in [-0.4, -0.2) is 48.0 Å². The fourth-order valence-electron chi connectivity index (χ4n) is 2.99. The Labute approximate surface area is 177 Å². The fourth-order valence-corrected chi connectivity index (χ4v) is 4.66. The van der Waals surface area contributed by atoms with Gasteiger partial charge in [-0.2, -0.15) is 0 Å². The van der Waals surface area contributed by atoms with Crippen LogP contribution in [0.25, 0.3) is 0 Å². The Morgan fingerprint density at radius 2 is 2.11 bits per heavy atom. The van der Waals surface area contributed by atoms with Gasteiger partial charge in [0.25, 0.3) is 0 Å². The highest BCUT2D eigenvalue weighted by atomic mass is 127. The largest absolute Gasteiger partial charge is 0.357 e. The van der Waals surface area contributed by atoms with Crippen LogP contribution in [0.2, 0.25) is 0 Å². The summed E-state index contributed by atoms with van der Waals surface area (Å²) in [6, 6.07) is 10.1. The van der Waals surface area contributed by atoms with Gasteiger partial charge in [0.15, 0.2) is 15.8 Å². The summed E-state index contributed by atoms with van der Waals surface area (Å²) in [7, 11) is -2.92. The number of nitrogens with zero attached hydrogens (tertiary/aromatic N) is 3. The summed E-state index contributed by atoms with van der Waals surface area (Å²) in [5, 5.41) is 6.40. The van der Waals surface area contributed by atoms with E-state index in [-0.39, 0.29) is 41.5 Å². The van der Waals surface area contributed by atoms with E-state index in [1.165, 1.54) is 5.56 Å². The summed E-state index contributed by atoms with van der Waals surface area (Å²) >= 11 is 0. The lowest BCUT2D eigenvalue weighted by Crippen LogP contribution is -2.44. The molecule has 1 unspecified atom stereocenters. The second kappa shape index (κ2) is 10.1. The highest BCUT2D eigenvalue weighted by molar-refractivity contribution is 14.0. The van der Waals surface area contributed by atoms with Crippen molar-refractivity contribution in [1.29, 1.82) is 0 Å². The molecule has 1 atom stereocenters. The molecule has 0 radical (unpaired) electrons. The first-order valence-corrected chi connectivity index (χ1v) is 10.7. The maximum atomic E-state index is 11.6. The molecule has 2 N–H and O–H groups in total. The Hall–Kier alpha value is -1.62. The summed E-state index contributed by atoms with van der Waals surface area (Å²) < 4.78 is 25.3. The van der Waals surface area contributed by atoms with Crippen molar-refractivity contribution in [1.82, 2.24) is 20.2 Å². The Bertz CT molecular complexity index is 852. The number of sulfone groups is 1. The molecule has 0 saturated carbocycles. The van der Waals surface area contributed by atoms with E-state index in [4.69, 9.17) is 0 Å². The van der Waals surface area contributed by atoms with E-state index in [0.29, 0.717) is 25.5 Å². The minimum atomic E-state index is -2.92. The Balaban J connectivity index is 0.00000261. The van der Waals surface area contributed by atoms with Gasteiger partial charge in [-0.1, -0.05) is 30.3 Å². The van der Waals surface area contributed by atoms with Crippen molar-refractivity contribution in [3.8, 4) is 0 Å². The van der Waals surface area contributed by atoms with E-state index in [9.17, 15) is 8.42 Å². The van der Waals surface area contributed by atoms with Crippen molar-refractivity contribution in [3.05, 3.63) is 54.1 Å². The van der Waals surface area contributed by atoms with Gasteiger partial charge in [-0.15, -0.1) is 24.0 Å². The average Bonchev–Trinajstić information content (AvgIpc) is 3.19. The van der Waals surface area contributed by atoms with Gasteiger partial charge >= 0.3 is 0 Å². The first kappa shape index (κ1) is 21.7. The second-order valence-corrected chi connectivity index (χ2v) is 8.63. The molecule has 0 aliphatic carbocycles. The second-order valence-electron chi connectivity index (χ2n) is 6.40. The van der Waals surface area contributed by atoms with Crippen molar-refractivity contribution < 1.29 is 8.42 Å². The molecule has 2 heterocycles. The summed E-state index contributed by atoms with van der Waals surface area (Å²) in [4.78, 5) is 8.99. The van der Waals surface area contributed by atoms with E-state index in [2.05, 4.69) is 37.3 Å². The average molecular weight is 503 g/mol. The molecule has 148 valence electrons. The van der Waals surface area contributed by atoms with Crippen molar-refractivity contribution in [2.45, 2.75) is 32.5 Å². The van der Waals surface area contributed by atoms with Crippen LogP contribution in [0.3, 0.4) is 0 Å². The number of aliphatic imine (C=N–C) groups is 1. The Kier molecular flexibility index (Phi) is 8.08. The number of hydrogen-bond donors (Lipinski definition) is 2. The maximum absolute atomic E-state index is 11.6. The number of guanidine groups is 1. The van der Waals surface area contributed by atoms with E-state index < -0.39 is 9.84 Å². The minimum Gasteiger partial charge on any atom is -0.357 e. The van der Waals surface area contributed by atoms with Crippen molar-refractivity contribution in [3.63, 3.8) is 0 Å². The van der Waals surface area contributed by atoms with E-state index in [0.717, 1.165) is 12.4 Å². The molecule has 0 amide bonds. The van der Waals surface area contributed by atoms with Crippen LogP contribution in [0.15, 0.2) is 47.7 Å². The van der Waals surface area contributed by atoms with Crippen LogP contribution in [0.4, 0.5) is 0 Å². The highest BCUT2D eigenvalue weighted by Crippen LogP contribution is 2.11. The predicted octanol–water partition coefficient (Wildman–Crippen LogP) is 1.79. The van der Waals surface area contributed by atoms with Crippen LogP contribution in [0, 0.1) is 0 Å². The summed E-state index contributed by atoms with van der Waals surface area (Å²) in [6.07, 6.45) is 4.34. The first-order valence-electron chi connectivity index (χ1n) is 8.85. The molecule has 1 aromatic heterocycles. The molecule has 1 aromatic carbocycles. The number of aromatic nitrogens is 2. The molecule has 1 saturated heterocycles. The van der Waals surface area contributed by atoms with Crippen molar-refractivity contribution >= 4 is 39.8 Å². The van der Waals surface area contributed by atoms with Gasteiger partial charge in [-0.3, -0.25) is 0 Å². The monoisotopic (exact) mass is 503 g/mol. The maximum Gasteiger partial charge on any atom is 0.191 e. The molecule has 1 aliphatic heterocycles. The van der Waals surface area contributed by atoms with Gasteiger partial charge in [0.2, 0.25) is 0 Å². The molecule has 3 rings (SSSR count). The fraction of sp³-hybridized carbons (Fsp3) is 0.444. The third-order valence-corrected chi connectivity index (χ3v) is 6.06. The SMILES string of the molecule is CCNC(=NCc1nccn1Cc1ccccc1)NC1CCS(=O)(=O)C1.I. The normalized spacial score (nSPS) is 18.7. The molecule has 0 spiro atoms. The lowest BCUT2D eigenvalue weighted by molar-refractivity contribution is 0.599.